The van der Waals surface area contributed by atoms with Crippen LogP contribution in [0.3, 0.4) is 0 Å². The van der Waals surface area contributed by atoms with E-state index >= 15 is 0 Å². The Balaban J connectivity index is 1.91. The molecule has 0 saturated carbocycles. The number of halogens is 1. The zero-order valence-corrected chi connectivity index (χ0v) is 9.39. The lowest BCUT2D eigenvalue weighted by molar-refractivity contribution is 0.629. The first-order chi connectivity index (χ1) is 8.74. The van der Waals surface area contributed by atoms with E-state index in [2.05, 4.69) is 25.6 Å². The van der Waals surface area contributed by atoms with E-state index in [-0.39, 0.29) is 11.9 Å². The minimum Gasteiger partial charge on any atom is -0.361 e. The summed E-state index contributed by atoms with van der Waals surface area (Å²) in [5.74, 6) is 0.270. The number of nitrogens with two attached hydrogens (primary N) is 1. The van der Waals surface area contributed by atoms with Crippen molar-refractivity contribution in [3.8, 4) is 0 Å². The van der Waals surface area contributed by atoms with Crippen LogP contribution in [-0.2, 0) is 6.42 Å². The highest BCUT2D eigenvalue weighted by Crippen LogP contribution is 2.22. The number of fused-ring (bicyclic) bond motifs is 1. The van der Waals surface area contributed by atoms with Crippen LogP contribution in [0, 0.1) is 5.82 Å². The van der Waals surface area contributed by atoms with Crippen molar-refractivity contribution in [2.45, 2.75) is 12.5 Å². The highest BCUT2D eigenvalue weighted by atomic mass is 19.1. The summed E-state index contributed by atoms with van der Waals surface area (Å²) in [4.78, 5) is 3.02. The lowest BCUT2D eigenvalue weighted by Gasteiger charge is -2.06. The molecular weight excluding hydrogens is 235 g/mol. The summed E-state index contributed by atoms with van der Waals surface area (Å²) < 4.78 is 13.1. The molecule has 2 heterocycles. The maximum atomic E-state index is 13.1. The van der Waals surface area contributed by atoms with E-state index in [4.69, 9.17) is 5.73 Å². The molecule has 0 saturated heterocycles. The quantitative estimate of drug-likeness (QED) is 0.643. The first-order valence-electron chi connectivity index (χ1n) is 5.49. The van der Waals surface area contributed by atoms with Gasteiger partial charge in [-0.3, -0.25) is 0 Å². The van der Waals surface area contributed by atoms with Gasteiger partial charge in [0.2, 0.25) is 0 Å². The Morgan fingerprint density at radius 3 is 3.06 bits per heavy atom. The van der Waals surface area contributed by atoms with Gasteiger partial charge >= 0.3 is 0 Å². The second-order valence-corrected chi connectivity index (χ2v) is 4.10. The van der Waals surface area contributed by atoms with Crippen LogP contribution in [0.1, 0.15) is 17.4 Å². The molecule has 2 aromatic heterocycles. The molecule has 18 heavy (non-hydrogen) atoms. The van der Waals surface area contributed by atoms with Crippen LogP contribution in [0.5, 0.6) is 0 Å². The van der Waals surface area contributed by atoms with Crippen molar-refractivity contribution in [2.75, 3.05) is 0 Å². The Labute approximate surface area is 101 Å². The third-order valence-electron chi connectivity index (χ3n) is 2.88. The highest BCUT2D eigenvalue weighted by Gasteiger charge is 2.13. The predicted molar refractivity (Wildman–Crippen MR) is 63.1 cm³/mol. The van der Waals surface area contributed by atoms with Crippen LogP contribution >= 0.6 is 0 Å². The number of benzene rings is 1. The monoisotopic (exact) mass is 246 g/mol. The van der Waals surface area contributed by atoms with Crippen molar-refractivity contribution < 1.29 is 4.39 Å². The molecule has 3 rings (SSSR count). The summed E-state index contributed by atoms with van der Waals surface area (Å²) in [7, 11) is 0. The van der Waals surface area contributed by atoms with Crippen LogP contribution in [0.25, 0.3) is 10.9 Å². The average Bonchev–Trinajstić information content (AvgIpc) is 2.98. The molecule has 0 spiro atoms. The SMILES string of the molecule is NC(Cc1c[nH]c2cc(F)ccc12)c1nnn[nH]1. The van der Waals surface area contributed by atoms with Gasteiger partial charge in [-0.15, -0.1) is 5.10 Å². The number of nitrogens with zero attached hydrogens (tertiary/aromatic N) is 3. The molecule has 1 atom stereocenters. The van der Waals surface area contributed by atoms with Crippen LogP contribution < -0.4 is 5.73 Å². The maximum Gasteiger partial charge on any atom is 0.165 e. The fraction of sp³-hybridized carbons (Fsp3) is 0.182. The van der Waals surface area contributed by atoms with Gasteiger partial charge in [-0.1, -0.05) is 0 Å². The Morgan fingerprint density at radius 1 is 1.39 bits per heavy atom. The number of H-pyrrole nitrogens is 2. The largest absolute Gasteiger partial charge is 0.361 e. The standard InChI is InChI=1S/C11H11FN6/c12-7-1-2-8-6(5-14-10(8)4-7)3-9(13)11-15-17-18-16-11/h1-2,4-5,9,14H,3,13H2,(H,15,16,17,18). The molecule has 0 aliphatic heterocycles. The smallest absolute Gasteiger partial charge is 0.165 e. The van der Waals surface area contributed by atoms with Crippen LogP contribution in [0.4, 0.5) is 4.39 Å². The van der Waals surface area contributed by atoms with Gasteiger partial charge in [0.1, 0.15) is 5.82 Å². The fourth-order valence-corrected chi connectivity index (χ4v) is 1.98. The molecule has 0 fully saturated rings. The molecule has 0 aliphatic carbocycles. The van der Waals surface area contributed by atoms with E-state index < -0.39 is 0 Å². The van der Waals surface area contributed by atoms with Gasteiger partial charge in [0.15, 0.2) is 5.82 Å². The van der Waals surface area contributed by atoms with Gasteiger partial charge in [0.25, 0.3) is 0 Å². The van der Waals surface area contributed by atoms with Crippen LogP contribution in [0.15, 0.2) is 24.4 Å². The second-order valence-electron chi connectivity index (χ2n) is 4.10. The van der Waals surface area contributed by atoms with Crippen molar-refractivity contribution in [1.29, 1.82) is 0 Å². The van der Waals surface area contributed by atoms with Crippen molar-refractivity contribution in [3.05, 3.63) is 41.6 Å². The molecule has 0 amide bonds. The summed E-state index contributed by atoms with van der Waals surface area (Å²) in [6.07, 6.45) is 2.40. The first-order valence-corrected chi connectivity index (χ1v) is 5.49. The maximum absolute atomic E-state index is 13.1. The molecule has 1 unspecified atom stereocenters. The van der Waals surface area contributed by atoms with E-state index in [9.17, 15) is 4.39 Å². The lowest BCUT2D eigenvalue weighted by Crippen LogP contribution is -2.15. The number of aromatic amines is 2. The molecule has 1 aromatic carbocycles. The van der Waals surface area contributed by atoms with Crippen molar-refractivity contribution in [3.63, 3.8) is 0 Å². The normalized spacial score (nSPS) is 13.0. The number of aromatic nitrogens is 5. The van der Waals surface area contributed by atoms with Crippen molar-refractivity contribution in [2.24, 2.45) is 5.73 Å². The zero-order valence-electron chi connectivity index (χ0n) is 9.39. The predicted octanol–water partition coefficient (Wildman–Crippen LogP) is 1.06. The molecule has 0 radical (unpaired) electrons. The Morgan fingerprint density at radius 2 is 2.28 bits per heavy atom. The van der Waals surface area contributed by atoms with Crippen LogP contribution in [-0.4, -0.2) is 25.6 Å². The van der Waals surface area contributed by atoms with Crippen LogP contribution in [0.2, 0.25) is 0 Å². The molecule has 4 N–H and O–H groups in total. The molecular formula is C11H11FN6. The van der Waals surface area contributed by atoms with E-state index in [0.717, 1.165) is 16.5 Å². The highest BCUT2D eigenvalue weighted by molar-refractivity contribution is 5.83. The van der Waals surface area contributed by atoms with Gasteiger partial charge in [-0.25, -0.2) is 9.49 Å². The van der Waals surface area contributed by atoms with Gasteiger partial charge in [0.05, 0.1) is 6.04 Å². The average molecular weight is 246 g/mol. The molecule has 0 aliphatic rings. The number of tetrazole rings is 1. The number of hydrogen-bond donors (Lipinski definition) is 3. The van der Waals surface area contributed by atoms with Gasteiger partial charge in [0, 0.05) is 17.1 Å². The van der Waals surface area contributed by atoms with Gasteiger partial charge < -0.3 is 10.7 Å². The number of nitrogens with one attached hydrogen (secondary N) is 2. The molecule has 6 nitrogen and oxygen atoms in total. The topological polar surface area (TPSA) is 96.3 Å². The van der Waals surface area contributed by atoms with E-state index in [1.165, 1.54) is 12.1 Å². The van der Waals surface area contributed by atoms with Gasteiger partial charge in [-0.2, -0.15) is 0 Å². The Bertz CT molecular complexity index is 659. The summed E-state index contributed by atoms with van der Waals surface area (Å²) in [6, 6.07) is 4.31. The number of rotatable bonds is 3. The first kappa shape index (κ1) is 10.8. The third-order valence-corrected chi connectivity index (χ3v) is 2.88. The summed E-state index contributed by atoms with van der Waals surface area (Å²) in [6.45, 7) is 0. The van der Waals surface area contributed by atoms with Gasteiger partial charge in [-0.05, 0) is 40.6 Å². The minimum atomic E-state index is -0.316. The Kier molecular flexibility index (Phi) is 2.52. The fourth-order valence-electron chi connectivity index (χ4n) is 1.98. The zero-order chi connectivity index (χ0) is 12.5. The number of hydrogen-bond acceptors (Lipinski definition) is 4. The molecule has 7 heteroatoms. The second kappa shape index (κ2) is 4.19. The Hall–Kier alpha value is -2.28. The van der Waals surface area contributed by atoms with E-state index in [1.54, 1.807) is 6.07 Å². The van der Waals surface area contributed by atoms with Crippen molar-refractivity contribution in [1.82, 2.24) is 25.6 Å². The third kappa shape index (κ3) is 1.84. The van der Waals surface area contributed by atoms with E-state index in [0.29, 0.717) is 12.2 Å². The molecule has 92 valence electrons. The van der Waals surface area contributed by atoms with Crippen molar-refractivity contribution >= 4 is 10.9 Å². The molecule has 0 bridgehead atoms. The molecule has 3 aromatic rings. The summed E-state index contributed by atoms with van der Waals surface area (Å²) in [5, 5.41) is 14.4. The minimum absolute atomic E-state index is 0.264. The summed E-state index contributed by atoms with van der Waals surface area (Å²) in [5.41, 5.74) is 7.76. The summed E-state index contributed by atoms with van der Waals surface area (Å²) >= 11 is 0. The van der Waals surface area contributed by atoms with E-state index in [1.807, 2.05) is 6.20 Å². The lowest BCUT2D eigenvalue weighted by atomic mass is 10.1.